The van der Waals surface area contributed by atoms with E-state index in [-0.39, 0.29) is 12.3 Å². The van der Waals surface area contributed by atoms with Crippen molar-refractivity contribution in [2.24, 2.45) is 0 Å². The molecule has 0 spiro atoms. The normalized spacial score (nSPS) is 10.5. The van der Waals surface area contributed by atoms with Crippen LogP contribution in [0.1, 0.15) is 40.7 Å². The van der Waals surface area contributed by atoms with E-state index in [1.807, 2.05) is 13.8 Å². The topological polar surface area (TPSA) is 89.7 Å². The number of halogens is 1. The van der Waals surface area contributed by atoms with E-state index in [0.717, 1.165) is 16.8 Å². The quantitative estimate of drug-likeness (QED) is 0.643. The summed E-state index contributed by atoms with van der Waals surface area (Å²) in [6.45, 7) is 5.77. The number of hydrogen-bond donors (Lipinski definition) is 2. The summed E-state index contributed by atoms with van der Waals surface area (Å²) in [5.74, 6) is 0.331. The highest BCUT2D eigenvalue weighted by Crippen LogP contribution is 2.37. The SMILES string of the molecule is CCOC(=O)c1[nH]c(C)c(CCC(=O)Nc2c(Cl)cc(OC)cc2OC)c1C. The van der Waals surface area contributed by atoms with Crippen molar-refractivity contribution in [3.05, 3.63) is 39.7 Å². The molecule has 1 heterocycles. The number of hydrogen-bond acceptors (Lipinski definition) is 5. The van der Waals surface area contributed by atoms with Crippen LogP contribution in [0.25, 0.3) is 0 Å². The van der Waals surface area contributed by atoms with E-state index in [0.29, 0.717) is 40.9 Å². The Kier molecular flexibility index (Phi) is 7.34. The van der Waals surface area contributed by atoms with Gasteiger partial charge in [0.25, 0.3) is 0 Å². The number of methoxy groups -OCH3 is 2. The van der Waals surface area contributed by atoms with Crippen LogP contribution >= 0.6 is 11.6 Å². The standard InChI is InChI=1S/C20H25ClN2O5/c1-6-28-20(25)18-11(2)14(12(3)22-18)7-8-17(24)23-19-15(21)9-13(26-4)10-16(19)27-5/h9-10,22H,6-8H2,1-5H3,(H,23,24). The number of H-pyrrole nitrogens is 1. The summed E-state index contributed by atoms with van der Waals surface area (Å²) in [5, 5.41) is 3.11. The third kappa shape index (κ3) is 4.78. The molecule has 0 bridgehead atoms. The molecule has 0 atom stereocenters. The first-order chi connectivity index (χ1) is 13.3. The minimum absolute atomic E-state index is 0.216. The first-order valence-corrected chi connectivity index (χ1v) is 9.26. The van der Waals surface area contributed by atoms with E-state index in [4.69, 9.17) is 25.8 Å². The Morgan fingerprint density at radius 2 is 1.89 bits per heavy atom. The van der Waals surface area contributed by atoms with Crippen LogP contribution in [0.2, 0.25) is 5.02 Å². The zero-order chi connectivity index (χ0) is 20.8. The van der Waals surface area contributed by atoms with Crippen molar-refractivity contribution in [1.82, 2.24) is 4.98 Å². The van der Waals surface area contributed by atoms with E-state index in [9.17, 15) is 9.59 Å². The molecule has 1 aromatic heterocycles. The number of aryl methyl sites for hydroxylation is 1. The second-order valence-electron chi connectivity index (χ2n) is 6.18. The molecule has 28 heavy (non-hydrogen) atoms. The highest BCUT2D eigenvalue weighted by Gasteiger charge is 2.19. The van der Waals surface area contributed by atoms with Crippen molar-refractivity contribution in [1.29, 1.82) is 0 Å². The van der Waals surface area contributed by atoms with Crippen LogP contribution in [-0.2, 0) is 16.0 Å². The largest absolute Gasteiger partial charge is 0.497 e. The molecule has 0 radical (unpaired) electrons. The lowest BCUT2D eigenvalue weighted by Gasteiger charge is -2.13. The molecule has 8 heteroatoms. The molecule has 0 saturated carbocycles. The molecular weight excluding hydrogens is 384 g/mol. The van der Waals surface area contributed by atoms with Crippen LogP contribution in [0.15, 0.2) is 12.1 Å². The number of anilines is 1. The van der Waals surface area contributed by atoms with Gasteiger partial charge in [-0.2, -0.15) is 0 Å². The predicted molar refractivity (Wildman–Crippen MR) is 108 cm³/mol. The molecule has 0 aliphatic heterocycles. The van der Waals surface area contributed by atoms with Crippen molar-refractivity contribution in [2.75, 3.05) is 26.1 Å². The van der Waals surface area contributed by atoms with Gasteiger partial charge in [0.05, 0.1) is 25.8 Å². The van der Waals surface area contributed by atoms with Gasteiger partial charge in [-0.05, 0) is 38.3 Å². The molecule has 0 unspecified atom stereocenters. The van der Waals surface area contributed by atoms with Crippen LogP contribution in [0.4, 0.5) is 5.69 Å². The van der Waals surface area contributed by atoms with Crippen molar-refractivity contribution in [3.63, 3.8) is 0 Å². The smallest absolute Gasteiger partial charge is 0.355 e. The number of aromatic nitrogens is 1. The molecule has 2 N–H and O–H groups in total. The van der Waals surface area contributed by atoms with E-state index in [1.165, 1.54) is 14.2 Å². The van der Waals surface area contributed by atoms with E-state index in [1.54, 1.807) is 19.1 Å². The molecule has 0 aliphatic rings. The predicted octanol–water partition coefficient (Wildman–Crippen LogP) is 4.05. The van der Waals surface area contributed by atoms with Crippen LogP contribution in [0.3, 0.4) is 0 Å². The summed E-state index contributed by atoms with van der Waals surface area (Å²) in [7, 11) is 3.01. The minimum Gasteiger partial charge on any atom is -0.497 e. The molecule has 0 aliphatic carbocycles. The number of esters is 1. The number of rotatable bonds is 8. The summed E-state index contributed by atoms with van der Waals surface area (Å²) in [6, 6.07) is 3.25. The summed E-state index contributed by atoms with van der Waals surface area (Å²) in [4.78, 5) is 27.5. The van der Waals surface area contributed by atoms with Gasteiger partial charge in [-0.15, -0.1) is 0 Å². The van der Waals surface area contributed by atoms with Crippen molar-refractivity contribution in [2.45, 2.75) is 33.6 Å². The minimum atomic E-state index is -0.395. The van der Waals surface area contributed by atoms with Crippen molar-refractivity contribution in [3.8, 4) is 11.5 Å². The van der Waals surface area contributed by atoms with Gasteiger partial charge in [0.1, 0.15) is 22.9 Å². The van der Waals surface area contributed by atoms with E-state index in [2.05, 4.69) is 10.3 Å². The monoisotopic (exact) mass is 408 g/mol. The maximum Gasteiger partial charge on any atom is 0.355 e. The molecule has 7 nitrogen and oxygen atoms in total. The molecule has 2 rings (SSSR count). The molecule has 0 fully saturated rings. The van der Waals surface area contributed by atoms with Crippen LogP contribution in [-0.4, -0.2) is 37.7 Å². The Morgan fingerprint density at radius 1 is 1.18 bits per heavy atom. The second kappa shape index (κ2) is 9.50. The van der Waals surface area contributed by atoms with Gasteiger partial charge in [0.15, 0.2) is 0 Å². The third-order valence-corrected chi connectivity index (χ3v) is 4.72. The lowest BCUT2D eigenvalue weighted by atomic mass is 10.0. The van der Waals surface area contributed by atoms with Gasteiger partial charge >= 0.3 is 5.97 Å². The summed E-state index contributed by atoms with van der Waals surface area (Å²) in [6.07, 6.45) is 0.683. The summed E-state index contributed by atoms with van der Waals surface area (Å²) < 4.78 is 15.5. The number of nitrogens with one attached hydrogen (secondary N) is 2. The molecular formula is C20H25ClN2O5. The molecule has 0 saturated heterocycles. The van der Waals surface area contributed by atoms with Crippen molar-refractivity contribution < 1.29 is 23.8 Å². The second-order valence-corrected chi connectivity index (χ2v) is 6.59. The number of benzene rings is 1. The number of ether oxygens (including phenoxy) is 3. The Morgan fingerprint density at radius 3 is 2.50 bits per heavy atom. The summed E-state index contributed by atoms with van der Waals surface area (Å²) in [5.41, 5.74) is 3.38. The fraction of sp³-hybridized carbons (Fsp3) is 0.400. The first kappa shape index (κ1) is 21.6. The maximum absolute atomic E-state index is 12.5. The fourth-order valence-corrected chi connectivity index (χ4v) is 3.22. The fourth-order valence-electron chi connectivity index (χ4n) is 2.97. The zero-order valence-corrected chi connectivity index (χ0v) is 17.5. The zero-order valence-electron chi connectivity index (χ0n) is 16.7. The molecule has 2 aromatic rings. The number of carbonyl (C=O) groups excluding carboxylic acids is 2. The van der Waals surface area contributed by atoms with Crippen LogP contribution < -0.4 is 14.8 Å². The van der Waals surface area contributed by atoms with Crippen LogP contribution in [0.5, 0.6) is 11.5 Å². The van der Waals surface area contributed by atoms with Gasteiger partial charge in [-0.1, -0.05) is 11.6 Å². The maximum atomic E-state index is 12.5. The molecule has 1 amide bonds. The Hall–Kier alpha value is -2.67. The Labute approximate surface area is 169 Å². The van der Waals surface area contributed by atoms with Crippen LogP contribution in [0, 0.1) is 13.8 Å². The third-order valence-electron chi connectivity index (χ3n) is 4.42. The number of amides is 1. The Balaban J connectivity index is 2.11. The highest BCUT2D eigenvalue weighted by molar-refractivity contribution is 6.34. The average Bonchev–Trinajstić information content (AvgIpc) is 2.95. The lowest BCUT2D eigenvalue weighted by molar-refractivity contribution is -0.116. The molecule has 152 valence electrons. The number of carbonyl (C=O) groups is 2. The first-order valence-electron chi connectivity index (χ1n) is 8.88. The van der Waals surface area contributed by atoms with Gasteiger partial charge in [-0.25, -0.2) is 4.79 Å². The Bertz CT molecular complexity index is 876. The van der Waals surface area contributed by atoms with Gasteiger partial charge in [0, 0.05) is 24.2 Å². The highest BCUT2D eigenvalue weighted by atomic mass is 35.5. The van der Waals surface area contributed by atoms with Gasteiger partial charge in [-0.3, -0.25) is 4.79 Å². The molecule has 1 aromatic carbocycles. The van der Waals surface area contributed by atoms with E-state index < -0.39 is 5.97 Å². The summed E-state index contributed by atoms with van der Waals surface area (Å²) >= 11 is 6.24. The van der Waals surface area contributed by atoms with Gasteiger partial charge < -0.3 is 24.5 Å². The van der Waals surface area contributed by atoms with E-state index >= 15 is 0 Å². The van der Waals surface area contributed by atoms with Crippen molar-refractivity contribution >= 4 is 29.2 Å². The lowest BCUT2D eigenvalue weighted by Crippen LogP contribution is -2.14. The van der Waals surface area contributed by atoms with Gasteiger partial charge in [0.2, 0.25) is 5.91 Å². The number of aromatic amines is 1. The average molecular weight is 409 g/mol.